The van der Waals surface area contributed by atoms with E-state index in [1.807, 2.05) is 19.2 Å². The number of amides is 1. The number of phenolic OH excluding ortho intramolecular Hbond substituents is 1. The molecule has 2 N–H and O–H groups in total. The van der Waals surface area contributed by atoms with E-state index < -0.39 is 0 Å². The van der Waals surface area contributed by atoms with Crippen LogP contribution in [0.3, 0.4) is 0 Å². The van der Waals surface area contributed by atoms with E-state index in [0.717, 1.165) is 18.7 Å². The molecular weight excluding hydrogens is 204 g/mol. The molecule has 1 aromatic rings. The third kappa shape index (κ3) is 4.31. The lowest BCUT2D eigenvalue weighted by Gasteiger charge is -2.16. The van der Waals surface area contributed by atoms with Gasteiger partial charge in [0.15, 0.2) is 0 Å². The van der Waals surface area contributed by atoms with Crippen molar-refractivity contribution in [1.82, 2.24) is 10.2 Å². The van der Waals surface area contributed by atoms with Gasteiger partial charge in [0, 0.05) is 26.6 Å². The molecule has 88 valence electrons. The molecule has 0 bridgehead atoms. The Labute approximate surface area is 95.9 Å². The molecule has 0 aliphatic heterocycles. The van der Waals surface area contributed by atoms with Gasteiger partial charge in [-0.15, -0.1) is 0 Å². The minimum Gasteiger partial charge on any atom is -0.508 e. The van der Waals surface area contributed by atoms with Crippen LogP contribution in [0.5, 0.6) is 5.75 Å². The largest absolute Gasteiger partial charge is 0.508 e. The minimum absolute atomic E-state index is 0.0533. The Morgan fingerprint density at radius 1 is 1.38 bits per heavy atom. The van der Waals surface area contributed by atoms with Crippen molar-refractivity contribution in [3.8, 4) is 5.75 Å². The topological polar surface area (TPSA) is 52.6 Å². The standard InChI is InChI=1S/C12H18N2O2/c1-13-12(16)7-8-14(2)9-10-3-5-11(15)6-4-10/h3-6,15H,7-9H2,1-2H3,(H,13,16). The molecule has 1 amide bonds. The highest BCUT2D eigenvalue weighted by molar-refractivity contribution is 5.75. The molecule has 0 aromatic heterocycles. The SMILES string of the molecule is CNC(=O)CCN(C)Cc1ccc(O)cc1. The number of phenols is 1. The molecule has 0 unspecified atom stereocenters. The summed E-state index contributed by atoms with van der Waals surface area (Å²) in [5.74, 6) is 0.328. The Bertz CT molecular complexity index is 335. The van der Waals surface area contributed by atoms with Gasteiger partial charge in [-0.05, 0) is 24.7 Å². The Balaban J connectivity index is 2.36. The van der Waals surface area contributed by atoms with Crippen molar-refractivity contribution in [2.75, 3.05) is 20.6 Å². The fourth-order valence-corrected chi connectivity index (χ4v) is 1.41. The molecule has 0 spiro atoms. The Morgan fingerprint density at radius 3 is 2.56 bits per heavy atom. The summed E-state index contributed by atoms with van der Waals surface area (Å²) in [6.07, 6.45) is 0.505. The maximum absolute atomic E-state index is 11.0. The smallest absolute Gasteiger partial charge is 0.221 e. The van der Waals surface area contributed by atoms with Gasteiger partial charge in [0.05, 0.1) is 0 Å². The third-order valence-corrected chi connectivity index (χ3v) is 2.39. The zero-order valence-electron chi connectivity index (χ0n) is 9.73. The molecule has 1 rings (SSSR count). The van der Waals surface area contributed by atoms with Gasteiger partial charge >= 0.3 is 0 Å². The normalized spacial score (nSPS) is 10.4. The zero-order valence-corrected chi connectivity index (χ0v) is 9.73. The minimum atomic E-state index is 0.0533. The highest BCUT2D eigenvalue weighted by Crippen LogP contribution is 2.10. The summed E-state index contributed by atoms with van der Waals surface area (Å²) < 4.78 is 0. The summed E-state index contributed by atoms with van der Waals surface area (Å²) in [6.45, 7) is 1.50. The molecule has 0 saturated heterocycles. The first-order valence-corrected chi connectivity index (χ1v) is 5.29. The van der Waals surface area contributed by atoms with Crippen molar-refractivity contribution in [2.24, 2.45) is 0 Å². The predicted octanol–water partition coefficient (Wildman–Crippen LogP) is 0.960. The van der Waals surface area contributed by atoms with Gasteiger partial charge in [-0.1, -0.05) is 12.1 Å². The van der Waals surface area contributed by atoms with Gasteiger partial charge in [-0.25, -0.2) is 0 Å². The van der Waals surface area contributed by atoms with Gasteiger partial charge in [0.2, 0.25) is 5.91 Å². The molecule has 0 aliphatic rings. The highest BCUT2D eigenvalue weighted by Gasteiger charge is 2.03. The predicted molar refractivity (Wildman–Crippen MR) is 63.1 cm³/mol. The number of nitrogens with one attached hydrogen (secondary N) is 1. The van der Waals surface area contributed by atoms with E-state index in [9.17, 15) is 4.79 Å². The summed E-state index contributed by atoms with van der Waals surface area (Å²) in [7, 11) is 3.61. The van der Waals surface area contributed by atoms with E-state index >= 15 is 0 Å². The summed E-state index contributed by atoms with van der Waals surface area (Å²) in [6, 6.07) is 7.10. The van der Waals surface area contributed by atoms with Crippen LogP contribution in [0.4, 0.5) is 0 Å². The summed E-state index contributed by atoms with van der Waals surface area (Å²) in [5, 5.41) is 11.7. The van der Waals surface area contributed by atoms with Gasteiger partial charge in [-0.2, -0.15) is 0 Å². The van der Waals surface area contributed by atoms with Gasteiger partial charge in [0.1, 0.15) is 5.75 Å². The molecule has 0 heterocycles. The summed E-state index contributed by atoms with van der Waals surface area (Å²) >= 11 is 0. The maximum Gasteiger partial charge on any atom is 0.221 e. The van der Waals surface area contributed by atoms with Gasteiger partial charge in [-0.3, -0.25) is 4.79 Å². The van der Waals surface area contributed by atoms with Crippen LogP contribution >= 0.6 is 0 Å². The number of carbonyl (C=O) groups excluding carboxylic acids is 1. The Hall–Kier alpha value is -1.55. The van der Waals surface area contributed by atoms with E-state index in [4.69, 9.17) is 5.11 Å². The van der Waals surface area contributed by atoms with Crippen LogP contribution in [0, 0.1) is 0 Å². The monoisotopic (exact) mass is 222 g/mol. The van der Waals surface area contributed by atoms with Crippen LogP contribution < -0.4 is 5.32 Å². The lowest BCUT2D eigenvalue weighted by molar-refractivity contribution is -0.120. The summed E-state index contributed by atoms with van der Waals surface area (Å²) in [4.78, 5) is 13.1. The molecular formula is C12H18N2O2. The molecule has 0 fully saturated rings. The van der Waals surface area contributed by atoms with E-state index in [1.165, 1.54) is 0 Å². The van der Waals surface area contributed by atoms with Crippen molar-refractivity contribution >= 4 is 5.91 Å². The van der Waals surface area contributed by atoms with E-state index in [0.29, 0.717) is 6.42 Å². The Morgan fingerprint density at radius 2 is 2.00 bits per heavy atom. The average Bonchev–Trinajstić information content (AvgIpc) is 2.29. The lowest BCUT2D eigenvalue weighted by Crippen LogP contribution is -2.26. The van der Waals surface area contributed by atoms with Crippen LogP contribution in [0.1, 0.15) is 12.0 Å². The summed E-state index contributed by atoms with van der Waals surface area (Å²) in [5.41, 5.74) is 1.12. The first-order valence-electron chi connectivity index (χ1n) is 5.29. The molecule has 16 heavy (non-hydrogen) atoms. The fourth-order valence-electron chi connectivity index (χ4n) is 1.41. The first kappa shape index (κ1) is 12.5. The Kier molecular flexibility index (Phi) is 4.79. The number of nitrogens with zero attached hydrogens (tertiary/aromatic N) is 1. The number of rotatable bonds is 5. The van der Waals surface area contributed by atoms with Crippen molar-refractivity contribution < 1.29 is 9.90 Å². The number of hydrogen-bond acceptors (Lipinski definition) is 3. The van der Waals surface area contributed by atoms with Crippen LogP contribution in [0.15, 0.2) is 24.3 Å². The maximum atomic E-state index is 11.0. The van der Waals surface area contributed by atoms with Crippen molar-refractivity contribution in [2.45, 2.75) is 13.0 Å². The van der Waals surface area contributed by atoms with Crippen LogP contribution in [-0.4, -0.2) is 36.6 Å². The molecule has 4 nitrogen and oxygen atoms in total. The number of benzene rings is 1. The van der Waals surface area contributed by atoms with E-state index in [2.05, 4.69) is 10.2 Å². The average molecular weight is 222 g/mol. The first-order chi connectivity index (χ1) is 7.61. The molecule has 1 aromatic carbocycles. The molecule has 0 aliphatic carbocycles. The van der Waals surface area contributed by atoms with E-state index in [-0.39, 0.29) is 11.7 Å². The van der Waals surface area contributed by atoms with Crippen LogP contribution in [-0.2, 0) is 11.3 Å². The number of aromatic hydroxyl groups is 1. The zero-order chi connectivity index (χ0) is 12.0. The van der Waals surface area contributed by atoms with Crippen LogP contribution in [0.2, 0.25) is 0 Å². The fraction of sp³-hybridized carbons (Fsp3) is 0.417. The lowest BCUT2D eigenvalue weighted by atomic mass is 10.2. The number of hydrogen-bond donors (Lipinski definition) is 2. The highest BCUT2D eigenvalue weighted by atomic mass is 16.3. The van der Waals surface area contributed by atoms with Crippen LogP contribution in [0.25, 0.3) is 0 Å². The second-order valence-corrected chi connectivity index (χ2v) is 3.83. The molecule has 0 atom stereocenters. The third-order valence-electron chi connectivity index (χ3n) is 2.39. The molecule has 0 radical (unpaired) electrons. The van der Waals surface area contributed by atoms with E-state index in [1.54, 1.807) is 19.2 Å². The molecule has 0 saturated carbocycles. The van der Waals surface area contributed by atoms with Gasteiger partial charge < -0.3 is 15.3 Å². The molecule has 4 heteroatoms. The number of carbonyl (C=O) groups is 1. The second kappa shape index (κ2) is 6.12. The second-order valence-electron chi connectivity index (χ2n) is 3.83. The van der Waals surface area contributed by atoms with Crippen molar-refractivity contribution in [1.29, 1.82) is 0 Å². The quantitative estimate of drug-likeness (QED) is 0.780. The van der Waals surface area contributed by atoms with Crippen molar-refractivity contribution in [3.63, 3.8) is 0 Å². The van der Waals surface area contributed by atoms with Gasteiger partial charge in [0.25, 0.3) is 0 Å². The van der Waals surface area contributed by atoms with Crippen molar-refractivity contribution in [3.05, 3.63) is 29.8 Å².